The van der Waals surface area contributed by atoms with Crippen molar-refractivity contribution < 1.29 is 13.6 Å². The molecule has 0 saturated carbocycles. The Morgan fingerprint density at radius 2 is 1.67 bits per heavy atom. The van der Waals surface area contributed by atoms with Crippen molar-refractivity contribution in [2.45, 2.75) is 46.3 Å². The molecule has 1 aliphatic rings. The molecule has 0 spiro atoms. The van der Waals surface area contributed by atoms with Crippen LogP contribution in [0.4, 0.5) is 14.6 Å². The minimum absolute atomic E-state index is 0.00600. The Kier molecular flexibility index (Phi) is 8.94. The summed E-state index contributed by atoms with van der Waals surface area (Å²) in [6, 6.07) is 13.9. The lowest BCUT2D eigenvalue weighted by Gasteiger charge is -2.20. The number of hydrogen-bond acceptors (Lipinski definition) is 6. The number of nitrogens with one attached hydrogen (secondary N) is 1. The second kappa shape index (κ2) is 12.4. The molecule has 0 bridgehead atoms. The monoisotopic (exact) mass is 564 g/mol. The topological polar surface area (TPSA) is 78.1 Å². The molecule has 10 heteroatoms. The number of anilines is 1. The summed E-state index contributed by atoms with van der Waals surface area (Å²) in [7, 11) is 0. The van der Waals surface area contributed by atoms with Crippen LogP contribution in [-0.4, -0.2) is 19.7 Å². The molecule has 2 aromatic carbocycles. The van der Waals surface area contributed by atoms with E-state index in [2.05, 4.69) is 5.32 Å². The maximum atomic E-state index is 13.4. The van der Waals surface area contributed by atoms with E-state index in [1.165, 1.54) is 33.7 Å². The second-order valence-corrected chi connectivity index (χ2v) is 10.7. The van der Waals surface area contributed by atoms with Crippen LogP contribution in [0.3, 0.4) is 0 Å². The Bertz CT molecular complexity index is 1540. The largest absolute Gasteiger partial charge is 0.367 e. The lowest BCUT2D eigenvalue weighted by atomic mass is 10.0. The highest BCUT2D eigenvalue weighted by Gasteiger charge is 2.33. The molecule has 39 heavy (non-hydrogen) atoms. The number of pyridine rings is 1. The summed E-state index contributed by atoms with van der Waals surface area (Å²) in [5.74, 6) is -0.566. The molecule has 0 unspecified atom stereocenters. The molecule has 1 aromatic heterocycles. The molecule has 0 atom stereocenters. The number of hydrogen-bond donors (Lipinski definition) is 1. The molecular formula is C29H26F2N4O2S2. The van der Waals surface area contributed by atoms with Crippen molar-refractivity contribution in [1.29, 1.82) is 5.26 Å². The van der Waals surface area contributed by atoms with Crippen LogP contribution in [0, 0.1) is 29.9 Å². The first kappa shape index (κ1) is 28.2. The smallest absolute Gasteiger partial charge is 0.270 e. The number of aromatic nitrogens is 1. The Hall–Kier alpha value is -3.81. The van der Waals surface area contributed by atoms with E-state index in [1.807, 2.05) is 13.0 Å². The average Bonchev–Trinajstić information content (AvgIpc) is 3.18. The van der Waals surface area contributed by atoms with Crippen molar-refractivity contribution in [3.05, 3.63) is 103 Å². The minimum atomic E-state index is -0.411. The summed E-state index contributed by atoms with van der Waals surface area (Å²) in [6.45, 7) is 4.55. The van der Waals surface area contributed by atoms with Gasteiger partial charge in [0.15, 0.2) is 0 Å². The van der Waals surface area contributed by atoms with Gasteiger partial charge in [-0.2, -0.15) is 5.26 Å². The number of nitriles is 1. The maximum Gasteiger partial charge on any atom is 0.270 e. The molecule has 1 amide bonds. The Morgan fingerprint density at radius 3 is 2.26 bits per heavy atom. The number of thioether (sulfide) groups is 1. The van der Waals surface area contributed by atoms with Gasteiger partial charge in [0.2, 0.25) is 0 Å². The average molecular weight is 565 g/mol. The van der Waals surface area contributed by atoms with E-state index in [4.69, 9.17) is 12.2 Å². The SMILES string of the molecule is CCCCn1c(NCc2ccc(F)cc2)c(/C=C2/SC(=S)N(Cc3ccc(F)cc3)C2=O)c(C)c(C#N)c1=O. The van der Waals surface area contributed by atoms with E-state index >= 15 is 0 Å². The second-order valence-electron chi connectivity index (χ2n) is 9.06. The first-order chi connectivity index (χ1) is 18.7. The summed E-state index contributed by atoms with van der Waals surface area (Å²) in [6.07, 6.45) is 3.20. The highest BCUT2D eigenvalue weighted by Crippen LogP contribution is 2.36. The van der Waals surface area contributed by atoms with Crippen LogP contribution in [0.2, 0.25) is 0 Å². The quantitative estimate of drug-likeness (QED) is 0.249. The number of unbranched alkanes of at least 4 members (excludes halogenated alkanes) is 1. The Morgan fingerprint density at radius 1 is 1.05 bits per heavy atom. The van der Waals surface area contributed by atoms with Gasteiger partial charge in [0.1, 0.15) is 33.4 Å². The van der Waals surface area contributed by atoms with Gasteiger partial charge in [-0.1, -0.05) is 61.6 Å². The summed E-state index contributed by atoms with van der Waals surface area (Å²) >= 11 is 6.61. The predicted molar refractivity (Wildman–Crippen MR) is 154 cm³/mol. The lowest BCUT2D eigenvalue weighted by Crippen LogP contribution is -2.28. The third kappa shape index (κ3) is 6.27. The van der Waals surface area contributed by atoms with Crippen LogP contribution in [0.5, 0.6) is 0 Å². The fourth-order valence-electron chi connectivity index (χ4n) is 4.21. The van der Waals surface area contributed by atoms with Gasteiger partial charge in [-0.25, -0.2) is 8.78 Å². The van der Waals surface area contributed by atoms with E-state index in [9.17, 15) is 23.6 Å². The highest BCUT2D eigenvalue weighted by molar-refractivity contribution is 8.26. The van der Waals surface area contributed by atoms with Gasteiger partial charge in [-0.3, -0.25) is 19.1 Å². The first-order valence-corrected chi connectivity index (χ1v) is 13.6. The first-order valence-electron chi connectivity index (χ1n) is 12.4. The summed E-state index contributed by atoms with van der Waals surface area (Å²) in [5, 5.41) is 13.1. The van der Waals surface area contributed by atoms with Crippen molar-refractivity contribution in [3.63, 3.8) is 0 Å². The summed E-state index contributed by atoms with van der Waals surface area (Å²) in [4.78, 5) is 28.5. The molecular weight excluding hydrogens is 538 g/mol. The number of carbonyl (C=O) groups is 1. The molecule has 1 aliphatic heterocycles. The number of benzene rings is 2. The van der Waals surface area contributed by atoms with Crippen LogP contribution >= 0.6 is 24.0 Å². The number of carbonyl (C=O) groups excluding carboxylic acids is 1. The third-order valence-corrected chi connectivity index (χ3v) is 7.76. The van der Waals surface area contributed by atoms with E-state index in [0.29, 0.717) is 45.7 Å². The minimum Gasteiger partial charge on any atom is -0.367 e. The standard InChI is InChI=1S/C29H26F2N4O2S2/c1-3-4-13-34-26(33-16-19-5-9-21(30)10-6-19)23(18(2)24(15-32)27(34)36)14-25-28(37)35(29(38)39-25)17-20-7-11-22(31)12-8-20/h5-12,14,33H,3-4,13,16-17H2,1-2H3/b25-14+. The fraction of sp³-hybridized carbons (Fsp3) is 0.241. The number of rotatable bonds is 9. The molecule has 1 fully saturated rings. The van der Waals surface area contributed by atoms with E-state index in [-0.39, 0.29) is 29.6 Å². The zero-order valence-corrected chi connectivity index (χ0v) is 23.1. The van der Waals surface area contributed by atoms with Gasteiger partial charge in [-0.05, 0) is 60.4 Å². The van der Waals surface area contributed by atoms with Crippen LogP contribution < -0.4 is 10.9 Å². The van der Waals surface area contributed by atoms with Gasteiger partial charge in [0.25, 0.3) is 11.5 Å². The molecule has 0 aliphatic carbocycles. The Labute approximate surface area is 234 Å². The highest BCUT2D eigenvalue weighted by atomic mass is 32.2. The number of nitrogens with zero attached hydrogens (tertiary/aromatic N) is 3. The normalized spacial score (nSPS) is 14.2. The molecule has 3 aromatic rings. The van der Waals surface area contributed by atoms with Gasteiger partial charge in [0.05, 0.1) is 11.4 Å². The molecule has 1 saturated heterocycles. The van der Waals surface area contributed by atoms with Crippen molar-refractivity contribution in [3.8, 4) is 6.07 Å². The molecule has 6 nitrogen and oxygen atoms in total. The Balaban J connectivity index is 1.77. The van der Waals surface area contributed by atoms with Crippen LogP contribution in [0.25, 0.3) is 6.08 Å². The predicted octanol–water partition coefficient (Wildman–Crippen LogP) is 6.12. The van der Waals surface area contributed by atoms with Crippen molar-refractivity contribution in [2.75, 3.05) is 5.32 Å². The molecule has 2 heterocycles. The maximum absolute atomic E-state index is 13.4. The van der Waals surface area contributed by atoms with E-state index in [0.717, 1.165) is 29.3 Å². The fourth-order valence-corrected chi connectivity index (χ4v) is 5.45. The van der Waals surface area contributed by atoms with Crippen molar-refractivity contribution in [2.24, 2.45) is 0 Å². The van der Waals surface area contributed by atoms with Gasteiger partial charge >= 0.3 is 0 Å². The molecule has 4 rings (SSSR count). The molecule has 0 radical (unpaired) electrons. The van der Waals surface area contributed by atoms with Gasteiger partial charge < -0.3 is 5.32 Å². The number of amides is 1. The van der Waals surface area contributed by atoms with E-state index < -0.39 is 5.56 Å². The zero-order valence-electron chi connectivity index (χ0n) is 21.5. The number of thiocarbonyl (C=S) groups is 1. The zero-order chi connectivity index (χ0) is 28.1. The molecule has 200 valence electrons. The van der Waals surface area contributed by atoms with Gasteiger partial charge in [0, 0.05) is 18.7 Å². The van der Waals surface area contributed by atoms with E-state index in [1.54, 1.807) is 37.3 Å². The van der Waals surface area contributed by atoms with Crippen LogP contribution in [0.15, 0.2) is 58.2 Å². The van der Waals surface area contributed by atoms with Gasteiger partial charge in [-0.15, -0.1) is 0 Å². The van der Waals surface area contributed by atoms with Crippen LogP contribution in [-0.2, 0) is 24.4 Å². The van der Waals surface area contributed by atoms with Crippen molar-refractivity contribution >= 4 is 46.1 Å². The van der Waals surface area contributed by atoms with Crippen LogP contribution in [0.1, 0.15) is 47.6 Å². The third-order valence-electron chi connectivity index (χ3n) is 6.39. The summed E-state index contributed by atoms with van der Waals surface area (Å²) < 4.78 is 28.6. The molecule has 1 N–H and O–H groups in total. The number of halogens is 2. The lowest BCUT2D eigenvalue weighted by molar-refractivity contribution is -0.122. The van der Waals surface area contributed by atoms with Crippen molar-refractivity contribution in [1.82, 2.24) is 9.47 Å². The summed E-state index contributed by atoms with van der Waals surface area (Å²) in [5.41, 5.74) is 2.10.